The van der Waals surface area contributed by atoms with Crippen molar-refractivity contribution >= 4 is 45.2 Å². The van der Waals surface area contributed by atoms with Crippen LogP contribution in [0.15, 0.2) is 42.0 Å². The van der Waals surface area contributed by atoms with Gasteiger partial charge in [-0.2, -0.15) is 10.6 Å². The molecule has 0 radical (unpaired) electrons. The molecule has 178 valence electrons. The number of allylic oxidation sites excluding steroid dienone is 1. The third kappa shape index (κ3) is 4.48. The van der Waals surface area contributed by atoms with Gasteiger partial charge in [-0.25, -0.2) is 13.8 Å². The van der Waals surface area contributed by atoms with Crippen LogP contribution in [0.4, 0.5) is 14.5 Å². The summed E-state index contributed by atoms with van der Waals surface area (Å²) in [5.41, 5.74) is 4.90. The Morgan fingerprint density at radius 1 is 1.36 bits per heavy atom. The Labute approximate surface area is 197 Å². The summed E-state index contributed by atoms with van der Waals surface area (Å²) in [6, 6.07) is 5.07. The number of anilines is 1. The Kier molecular flexibility index (Phi) is 6.60. The quantitative estimate of drug-likeness (QED) is 0.450. The molecule has 0 unspecified atom stereocenters. The number of hydrogen-bond acceptors (Lipinski definition) is 6. The van der Waals surface area contributed by atoms with Gasteiger partial charge in [-0.15, -0.1) is 0 Å². The molecule has 1 atom stereocenters. The van der Waals surface area contributed by atoms with E-state index in [1.54, 1.807) is 13.0 Å². The highest BCUT2D eigenvalue weighted by Crippen LogP contribution is 2.59. The maximum atomic E-state index is 14.9. The number of rotatable bonds is 5. The number of nitrogens with zero attached hydrogens (tertiary/aromatic N) is 2. The zero-order chi connectivity index (χ0) is 24.8. The number of carbonyl (C=O) groups excluding carboxylic acids is 1. The van der Waals surface area contributed by atoms with Crippen LogP contribution in [0.25, 0.3) is 5.57 Å². The Hall–Kier alpha value is -2.53. The predicted molar refractivity (Wildman–Crippen MR) is 129 cm³/mol. The minimum atomic E-state index is -3.47. The van der Waals surface area contributed by atoms with Crippen molar-refractivity contribution in [1.82, 2.24) is 4.98 Å². The molecular formula is C22H25ClF2N4O3S. The van der Waals surface area contributed by atoms with E-state index < -0.39 is 45.0 Å². The molecule has 0 bridgehead atoms. The number of pyridine rings is 1. The van der Waals surface area contributed by atoms with Crippen LogP contribution >= 0.6 is 22.2 Å². The number of halogens is 3. The zero-order valence-electron chi connectivity index (χ0n) is 18.3. The molecule has 0 fully saturated rings. The number of amides is 1. The molecule has 5 N–H and O–H groups in total. The first-order chi connectivity index (χ1) is 15.2. The first kappa shape index (κ1) is 25.1. The first-order valence-corrected chi connectivity index (χ1v) is 11.9. The van der Waals surface area contributed by atoms with Crippen LogP contribution < -0.4 is 11.1 Å². The molecule has 1 amide bonds. The minimum absolute atomic E-state index is 0.0499. The maximum Gasteiger partial charge on any atom is 0.274 e. The number of aliphatic imine (C=N–C) groups is 1. The molecule has 11 heteroatoms. The normalized spacial score (nSPS) is 22.2. The SMILES string of the molecule is C=C(C)c1cc(Cl)cnc1C(=O)Nc1ccc(F)c([C@@]2(CF)CS(O)(O)C(C)(C)C(N)=N2)c1. The molecule has 33 heavy (non-hydrogen) atoms. The van der Waals surface area contributed by atoms with Gasteiger partial charge in [0.2, 0.25) is 0 Å². The van der Waals surface area contributed by atoms with Crippen molar-refractivity contribution < 1.29 is 22.7 Å². The Bertz CT molecular complexity index is 1170. The van der Waals surface area contributed by atoms with E-state index in [-0.39, 0.29) is 22.8 Å². The van der Waals surface area contributed by atoms with E-state index >= 15 is 0 Å². The van der Waals surface area contributed by atoms with Gasteiger partial charge in [-0.05, 0) is 50.6 Å². The van der Waals surface area contributed by atoms with Gasteiger partial charge >= 0.3 is 0 Å². The summed E-state index contributed by atoms with van der Waals surface area (Å²) in [6.07, 6.45) is 1.31. The van der Waals surface area contributed by atoms with E-state index in [0.29, 0.717) is 16.2 Å². The molecule has 1 aliphatic heterocycles. The number of benzene rings is 1. The fourth-order valence-electron chi connectivity index (χ4n) is 3.45. The number of hydrogen-bond donors (Lipinski definition) is 4. The number of aromatic nitrogens is 1. The number of amidine groups is 1. The lowest BCUT2D eigenvalue weighted by atomic mass is 9.91. The van der Waals surface area contributed by atoms with Gasteiger partial charge in [0.25, 0.3) is 5.91 Å². The smallest absolute Gasteiger partial charge is 0.274 e. The molecular weight excluding hydrogens is 474 g/mol. The minimum Gasteiger partial charge on any atom is -0.386 e. The fraction of sp³-hybridized carbons (Fsp3) is 0.318. The summed E-state index contributed by atoms with van der Waals surface area (Å²) < 4.78 is 49.2. The molecule has 0 saturated heterocycles. The van der Waals surface area contributed by atoms with Crippen molar-refractivity contribution in [3.8, 4) is 0 Å². The van der Waals surface area contributed by atoms with Gasteiger partial charge in [0, 0.05) is 23.0 Å². The van der Waals surface area contributed by atoms with Gasteiger partial charge in [-0.1, -0.05) is 18.2 Å². The summed E-state index contributed by atoms with van der Waals surface area (Å²) >= 11 is 5.96. The second-order valence-corrected chi connectivity index (χ2v) is 11.5. The van der Waals surface area contributed by atoms with Crippen LogP contribution in [-0.2, 0) is 5.54 Å². The molecule has 2 aromatic rings. The Morgan fingerprint density at radius 3 is 2.61 bits per heavy atom. The molecule has 0 aliphatic carbocycles. The fourth-order valence-corrected chi connectivity index (χ4v) is 5.31. The third-order valence-corrected chi connectivity index (χ3v) is 8.61. The van der Waals surface area contributed by atoms with Crippen molar-refractivity contribution in [3.05, 3.63) is 64.7 Å². The highest BCUT2D eigenvalue weighted by molar-refractivity contribution is 8.26. The Balaban J connectivity index is 2.04. The van der Waals surface area contributed by atoms with Gasteiger partial charge in [0.1, 0.15) is 34.3 Å². The molecule has 3 rings (SSSR count). The zero-order valence-corrected chi connectivity index (χ0v) is 19.9. The average molecular weight is 499 g/mol. The lowest BCUT2D eigenvalue weighted by Crippen LogP contribution is -2.53. The predicted octanol–water partition coefficient (Wildman–Crippen LogP) is 5.22. The third-order valence-electron chi connectivity index (χ3n) is 5.68. The molecule has 1 aromatic carbocycles. The van der Waals surface area contributed by atoms with Crippen molar-refractivity contribution in [2.75, 3.05) is 17.7 Å². The number of alkyl halides is 1. The monoisotopic (exact) mass is 498 g/mol. The van der Waals surface area contributed by atoms with Gasteiger partial charge < -0.3 is 11.1 Å². The lowest BCUT2D eigenvalue weighted by molar-refractivity contribution is 0.102. The number of carbonyl (C=O) groups is 1. The largest absolute Gasteiger partial charge is 0.386 e. The van der Waals surface area contributed by atoms with Gasteiger partial charge in [0.05, 0.1) is 10.8 Å². The molecule has 1 aliphatic rings. The second-order valence-electron chi connectivity index (χ2n) is 8.46. The van der Waals surface area contributed by atoms with Crippen LogP contribution in [0.1, 0.15) is 42.4 Å². The van der Waals surface area contributed by atoms with E-state index in [0.717, 1.165) is 6.07 Å². The van der Waals surface area contributed by atoms with E-state index in [9.17, 15) is 22.7 Å². The van der Waals surface area contributed by atoms with E-state index in [2.05, 4.69) is 21.9 Å². The summed E-state index contributed by atoms with van der Waals surface area (Å²) in [5, 5.41) is 2.92. The molecule has 1 aromatic heterocycles. The van der Waals surface area contributed by atoms with Gasteiger partial charge in [0.15, 0.2) is 0 Å². The van der Waals surface area contributed by atoms with Crippen LogP contribution in [0.3, 0.4) is 0 Å². The van der Waals surface area contributed by atoms with Crippen LogP contribution in [0, 0.1) is 5.82 Å². The van der Waals surface area contributed by atoms with Crippen molar-refractivity contribution in [2.24, 2.45) is 10.7 Å². The van der Waals surface area contributed by atoms with Crippen LogP contribution in [0.5, 0.6) is 0 Å². The van der Waals surface area contributed by atoms with Crippen molar-refractivity contribution in [1.29, 1.82) is 0 Å². The standard InChI is InChI=1S/C22H25ClF2N4O3S/c1-12(2)15-7-13(23)9-27-18(15)19(30)28-14-5-6-17(25)16(8-14)22(10-24)11-33(31,32)21(3,4)20(26)29-22/h5-9,31-32H,1,10-11H2,2-4H3,(H2,26,29)(H,28,30)/t22-/m1/s1. The number of nitrogens with two attached hydrogens (primary N) is 1. The molecule has 7 nitrogen and oxygen atoms in total. The van der Waals surface area contributed by atoms with E-state index in [1.807, 2.05) is 0 Å². The summed E-state index contributed by atoms with van der Waals surface area (Å²) in [4.78, 5) is 21.1. The van der Waals surface area contributed by atoms with E-state index in [4.69, 9.17) is 17.3 Å². The van der Waals surface area contributed by atoms with E-state index in [1.165, 1.54) is 32.2 Å². The van der Waals surface area contributed by atoms with Crippen molar-refractivity contribution in [2.45, 2.75) is 31.1 Å². The first-order valence-electron chi connectivity index (χ1n) is 9.84. The van der Waals surface area contributed by atoms with Gasteiger partial charge in [-0.3, -0.25) is 18.9 Å². The highest BCUT2D eigenvalue weighted by Gasteiger charge is 2.51. The summed E-state index contributed by atoms with van der Waals surface area (Å²) in [5.74, 6) is -2.20. The summed E-state index contributed by atoms with van der Waals surface area (Å²) in [6.45, 7) is 7.24. The lowest BCUT2D eigenvalue weighted by Gasteiger charge is -2.53. The van der Waals surface area contributed by atoms with Crippen LogP contribution in [0.2, 0.25) is 5.02 Å². The number of nitrogens with one attached hydrogen (secondary N) is 1. The Morgan fingerprint density at radius 2 is 2.03 bits per heavy atom. The molecule has 2 heterocycles. The highest BCUT2D eigenvalue weighted by atomic mass is 35.5. The molecule has 0 saturated carbocycles. The second kappa shape index (κ2) is 8.68. The van der Waals surface area contributed by atoms with Crippen LogP contribution in [-0.4, -0.2) is 43.0 Å². The topological polar surface area (TPSA) is 121 Å². The maximum absolute atomic E-state index is 14.9. The van der Waals surface area contributed by atoms with Crippen molar-refractivity contribution in [3.63, 3.8) is 0 Å². The molecule has 0 spiro atoms. The average Bonchev–Trinajstić information content (AvgIpc) is 2.73. The summed E-state index contributed by atoms with van der Waals surface area (Å²) in [7, 11) is -3.47.